The fourth-order valence-corrected chi connectivity index (χ4v) is 2.34. The third-order valence-electron chi connectivity index (χ3n) is 2.53. The number of rotatable bonds is 6. The summed E-state index contributed by atoms with van der Waals surface area (Å²) in [6.45, 7) is 1.99. The Labute approximate surface area is 120 Å². The van der Waals surface area contributed by atoms with E-state index in [1.807, 2.05) is 19.1 Å². The van der Waals surface area contributed by atoms with Gasteiger partial charge in [0.2, 0.25) is 0 Å². The van der Waals surface area contributed by atoms with E-state index in [-0.39, 0.29) is 18.4 Å². The highest BCUT2D eigenvalue weighted by Gasteiger charge is 2.12. The first-order valence-electron chi connectivity index (χ1n) is 5.60. The summed E-state index contributed by atoms with van der Waals surface area (Å²) < 4.78 is 10.8. The number of benzene rings is 1. The molecule has 0 heterocycles. The maximum Gasteiger partial charge on any atom is 0.123 e. The molecule has 104 valence electrons. The van der Waals surface area contributed by atoms with Crippen LogP contribution >= 0.6 is 24.2 Å². The third-order valence-corrected chi connectivity index (χ3v) is 3.12. The molecular formula is C13H22ClNO2S. The molecule has 0 bridgehead atoms. The first-order valence-corrected chi connectivity index (χ1v) is 7.00. The summed E-state index contributed by atoms with van der Waals surface area (Å²) in [7, 11) is 3.39. The summed E-state index contributed by atoms with van der Waals surface area (Å²) in [5, 5.41) is 0. The van der Waals surface area contributed by atoms with Gasteiger partial charge in [-0.05, 0) is 37.3 Å². The highest BCUT2D eigenvalue weighted by molar-refractivity contribution is 7.97. The molecule has 2 N–H and O–H groups in total. The van der Waals surface area contributed by atoms with Crippen LogP contribution in [-0.4, -0.2) is 26.5 Å². The molecule has 0 spiro atoms. The lowest BCUT2D eigenvalue weighted by molar-refractivity contribution is 0.395. The van der Waals surface area contributed by atoms with Gasteiger partial charge in [-0.3, -0.25) is 0 Å². The second-order valence-corrected chi connectivity index (χ2v) is 4.96. The summed E-state index contributed by atoms with van der Waals surface area (Å²) in [4.78, 5) is 0. The molecule has 1 atom stereocenters. The minimum atomic E-state index is 0. The van der Waals surface area contributed by atoms with Gasteiger partial charge in [-0.1, -0.05) is 0 Å². The maximum absolute atomic E-state index is 5.84. The topological polar surface area (TPSA) is 44.5 Å². The largest absolute Gasteiger partial charge is 0.496 e. The minimum Gasteiger partial charge on any atom is -0.496 e. The second kappa shape index (κ2) is 8.51. The quantitative estimate of drug-likeness (QED) is 0.875. The molecule has 0 aliphatic rings. The Morgan fingerprint density at radius 2 is 1.67 bits per heavy atom. The third kappa shape index (κ3) is 4.59. The second-order valence-electron chi connectivity index (χ2n) is 4.09. The van der Waals surface area contributed by atoms with Crippen molar-refractivity contribution >= 4 is 24.2 Å². The highest BCUT2D eigenvalue weighted by Crippen LogP contribution is 2.31. The van der Waals surface area contributed by atoms with E-state index in [1.165, 1.54) is 0 Å². The summed E-state index contributed by atoms with van der Waals surface area (Å²) >= 11 is 1.76. The zero-order valence-electron chi connectivity index (χ0n) is 11.4. The van der Waals surface area contributed by atoms with Crippen LogP contribution in [0.5, 0.6) is 11.5 Å². The van der Waals surface area contributed by atoms with Gasteiger partial charge in [-0.2, -0.15) is 11.8 Å². The smallest absolute Gasteiger partial charge is 0.123 e. The van der Waals surface area contributed by atoms with Crippen molar-refractivity contribution in [3.63, 3.8) is 0 Å². The summed E-state index contributed by atoms with van der Waals surface area (Å²) in [6.07, 6.45) is 2.86. The Bertz CT molecular complexity index is 372. The molecule has 18 heavy (non-hydrogen) atoms. The summed E-state index contributed by atoms with van der Waals surface area (Å²) in [5.41, 5.74) is 8.09. The lowest BCUT2D eigenvalue weighted by atomic mass is 10.0. The molecule has 0 aliphatic heterocycles. The Kier molecular flexibility index (Phi) is 8.24. The van der Waals surface area contributed by atoms with Crippen LogP contribution in [0.25, 0.3) is 0 Å². The maximum atomic E-state index is 5.84. The van der Waals surface area contributed by atoms with E-state index >= 15 is 0 Å². The molecule has 0 amide bonds. The fourth-order valence-electron chi connectivity index (χ4n) is 1.80. The van der Waals surface area contributed by atoms with Crippen LogP contribution in [0.2, 0.25) is 0 Å². The Balaban J connectivity index is 0.00000289. The standard InChI is InChI=1S/C13H21NO2S.ClH/c1-9(14)5-10-6-13(16-3)11(8-17-4)7-12(10)15-2;/h6-7,9H,5,8,14H2,1-4H3;1H. The van der Waals surface area contributed by atoms with E-state index in [2.05, 4.69) is 6.26 Å². The van der Waals surface area contributed by atoms with E-state index < -0.39 is 0 Å². The van der Waals surface area contributed by atoms with Crippen LogP contribution in [0.1, 0.15) is 18.1 Å². The van der Waals surface area contributed by atoms with Crippen LogP contribution < -0.4 is 15.2 Å². The Morgan fingerprint density at radius 1 is 1.17 bits per heavy atom. The zero-order valence-corrected chi connectivity index (χ0v) is 13.0. The van der Waals surface area contributed by atoms with Gasteiger partial charge in [0.25, 0.3) is 0 Å². The fraction of sp³-hybridized carbons (Fsp3) is 0.538. The molecule has 0 saturated heterocycles. The molecule has 3 nitrogen and oxygen atoms in total. The van der Waals surface area contributed by atoms with Crippen molar-refractivity contribution in [2.75, 3.05) is 20.5 Å². The molecule has 5 heteroatoms. The van der Waals surface area contributed by atoms with Crippen LogP contribution in [0, 0.1) is 0 Å². The van der Waals surface area contributed by atoms with Gasteiger partial charge in [0, 0.05) is 17.4 Å². The van der Waals surface area contributed by atoms with Crippen LogP contribution in [-0.2, 0) is 12.2 Å². The van der Waals surface area contributed by atoms with Crippen LogP contribution in [0.15, 0.2) is 12.1 Å². The Morgan fingerprint density at radius 3 is 2.11 bits per heavy atom. The van der Waals surface area contributed by atoms with Crippen molar-refractivity contribution in [1.29, 1.82) is 0 Å². The van der Waals surface area contributed by atoms with Gasteiger partial charge in [0.1, 0.15) is 11.5 Å². The first-order chi connectivity index (χ1) is 8.12. The number of hydrogen-bond acceptors (Lipinski definition) is 4. The number of methoxy groups -OCH3 is 2. The van der Waals surface area contributed by atoms with Crippen molar-refractivity contribution in [2.24, 2.45) is 5.73 Å². The number of hydrogen-bond donors (Lipinski definition) is 1. The van der Waals surface area contributed by atoms with Gasteiger partial charge in [-0.25, -0.2) is 0 Å². The molecule has 1 unspecified atom stereocenters. The molecule has 0 aliphatic carbocycles. The average Bonchev–Trinajstić information content (AvgIpc) is 2.30. The number of ether oxygens (including phenoxy) is 2. The van der Waals surface area contributed by atoms with E-state index in [0.29, 0.717) is 0 Å². The molecule has 1 aromatic carbocycles. The van der Waals surface area contributed by atoms with E-state index in [0.717, 1.165) is 34.8 Å². The van der Waals surface area contributed by atoms with E-state index in [9.17, 15) is 0 Å². The average molecular weight is 292 g/mol. The monoisotopic (exact) mass is 291 g/mol. The minimum absolute atomic E-state index is 0. The van der Waals surface area contributed by atoms with E-state index in [1.54, 1.807) is 26.0 Å². The molecule has 0 saturated carbocycles. The molecular weight excluding hydrogens is 270 g/mol. The van der Waals surface area contributed by atoms with Gasteiger partial charge >= 0.3 is 0 Å². The lowest BCUT2D eigenvalue weighted by Crippen LogP contribution is -2.18. The van der Waals surface area contributed by atoms with Crippen molar-refractivity contribution in [1.82, 2.24) is 0 Å². The number of thioether (sulfide) groups is 1. The summed E-state index contributed by atoms with van der Waals surface area (Å²) in [6, 6.07) is 4.20. The predicted molar refractivity (Wildman–Crippen MR) is 81.4 cm³/mol. The number of nitrogens with two attached hydrogens (primary N) is 1. The van der Waals surface area contributed by atoms with Gasteiger partial charge < -0.3 is 15.2 Å². The van der Waals surface area contributed by atoms with Gasteiger partial charge in [0.15, 0.2) is 0 Å². The van der Waals surface area contributed by atoms with Crippen molar-refractivity contribution in [3.8, 4) is 11.5 Å². The zero-order chi connectivity index (χ0) is 12.8. The predicted octanol–water partition coefficient (Wildman–Crippen LogP) is 2.88. The Hall–Kier alpha value is -0.580. The van der Waals surface area contributed by atoms with Crippen LogP contribution in [0.4, 0.5) is 0 Å². The van der Waals surface area contributed by atoms with Crippen LogP contribution in [0.3, 0.4) is 0 Å². The van der Waals surface area contributed by atoms with Crippen molar-refractivity contribution in [3.05, 3.63) is 23.3 Å². The molecule has 0 radical (unpaired) electrons. The molecule has 0 fully saturated rings. The van der Waals surface area contributed by atoms with Crippen molar-refractivity contribution < 1.29 is 9.47 Å². The molecule has 1 rings (SSSR count). The van der Waals surface area contributed by atoms with Crippen molar-refractivity contribution in [2.45, 2.75) is 25.1 Å². The summed E-state index contributed by atoms with van der Waals surface area (Å²) in [5.74, 6) is 2.72. The SMILES string of the molecule is COc1cc(CC(C)N)c(OC)cc1CSC.Cl. The first kappa shape index (κ1) is 17.4. The molecule has 1 aromatic rings. The van der Waals surface area contributed by atoms with E-state index in [4.69, 9.17) is 15.2 Å². The highest BCUT2D eigenvalue weighted by atomic mass is 35.5. The van der Waals surface area contributed by atoms with Gasteiger partial charge in [0.05, 0.1) is 14.2 Å². The van der Waals surface area contributed by atoms with Gasteiger partial charge in [-0.15, -0.1) is 12.4 Å². The lowest BCUT2D eigenvalue weighted by Gasteiger charge is -2.15. The molecule has 0 aromatic heterocycles. The number of halogens is 1. The normalized spacial score (nSPS) is 11.6.